The van der Waals surface area contributed by atoms with Crippen molar-refractivity contribution in [3.05, 3.63) is 59.8 Å². The zero-order chi connectivity index (χ0) is 17.8. The third kappa shape index (κ3) is 3.31. The van der Waals surface area contributed by atoms with Gasteiger partial charge >= 0.3 is 0 Å². The maximum atomic E-state index is 10.3. The van der Waals surface area contributed by atoms with Gasteiger partial charge in [0.05, 0.1) is 24.1 Å². The number of aliphatic imine (C=N–C) groups is 1. The molecule has 2 aromatic carbocycles. The normalized spacial score (nSPS) is 12.2. The molecule has 0 amide bonds. The summed E-state index contributed by atoms with van der Waals surface area (Å²) < 4.78 is 5.09. The summed E-state index contributed by atoms with van der Waals surface area (Å²) in [7, 11) is 1.58. The first-order valence-electron chi connectivity index (χ1n) is 7.52. The Morgan fingerprint density at radius 3 is 2.60 bits per heavy atom. The summed E-state index contributed by atoms with van der Waals surface area (Å²) in [4.78, 5) is 7.30. The highest BCUT2D eigenvalue weighted by molar-refractivity contribution is 6.06. The Kier molecular flexibility index (Phi) is 4.40. The van der Waals surface area contributed by atoms with Crippen LogP contribution in [-0.4, -0.2) is 23.0 Å². The van der Waals surface area contributed by atoms with Crippen molar-refractivity contribution in [2.45, 2.75) is 0 Å². The zero-order valence-electron chi connectivity index (χ0n) is 13.5. The highest BCUT2D eigenvalue weighted by Crippen LogP contribution is 2.30. The number of fused-ring (bicyclic) bond motifs is 1. The summed E-state index contributed by atoms with van der Waals surface area (Å²) in [6, 6.07) is 16.3. The number of hydrogen-bond donors (Lipinski definition) is 3. The Morgan fingerprint density at radius 2 is 1.96 bits per heavy atom. The third-order valence-electron chi connectivity index (χ3n) is 3.71. The largest absolute Gasteiger partial charge is 0.505 e. The van der Waals surface area contributed by atoms with E-state index in [-0.39, 0.29) is 17.2 Å². The molecule has 6 heteroatoms. The molecule has 0 unspecified atom stereocenters. The van der Waals surface area contributed by atoms with Crippen LogP contribution >= 0.6 is 0 Å². The summed E-state index contributed by atoms with van der Waals surface area (Å²) in [5, 5.41) is 20.3. The monoisotopic (exact) mass is 332 g/mol. The van der Waals surface area contributed by atoms with Crippen LogP contribution in [0, 0.1) is 11.3 Å². The van der Waals surface area contributed by atoms with Crippen LogP contribution < -0.4 is 10.5 Å². The average molecular weight is 332 g/mol. The molecule has 0 aliphatic heterocycles. The lowest BCUT2D eigenvalue weighted by Gasteiger charge is -2.01. The van der Waals surface area contributed by atoms with E-state index in [9.17, 15) is 10.4 Å². The van der Waals surface area contributed by atoms with E-state index in [1.807, 2.05) is 24.3 Å². The number of nitrogens with one attached hydrogen (secondary N) is 1. The topological polar surface area (TPSA) is 107 Å². The number of nitriles is 1. The van der Waals surface area contributed by atoms with Gasteiger partial charge in [-0.15, -0.1) is 0 Å². The third-order valence-corrected chi connectivity index (χ3v) is 3.71. The van der Waals surface area contributed by atoms with Gasteiger partial charge in [0.15, 0.2) is 0 Å². The van der Waals surface area contributed by atoms with Crippen molar-refractivity contribution in [3.63, 3.8) is 0 Å². The van der Waals surface area contributed by atoms with Crippen molar-refractivity contribution in [2.24, 2.45) is 10.7 Å². The van der Waals surface area contributed by atoms with Crippen molar-refractivity contribution < 1.29 is 9.84 Å². The molecule has 0 bridgehead atoms. The number of para-hydroxylation sites is 1. The number of benzene rings is 2. The van der Waals surface area contributed by atoms with Crippen LogP contribution in [0.4, 0.5) is 5.69 Å². The number of nitrogens with zero attached hydrogens (tertiary/aromatic N) is 2. The summed E-state index contributed by atoms with van der Waals surface area (Å²) in [6.45, 7) is 0. The number of aromatic hydroxyl groups is 1. The molecule has 1 heterocycles. The molecule has 1 aromatic heterocycles. The SMILES string of the molecule is COc1ccc(N=C(N)/C(C#N)=C\c2[nH]c3ccccc3c2O)cc1. The molecule has 0 saturated carbocycles. The molecule has 0 aliphatic rings. The Bertz CT molecular complexity index is 1010. The van der Waals surface area contributed by atoms with Gasteiger partial charge < -0.3 is 20.6 Å². The van der Waals surface area contributed by atoms with E-state index in [2.05, 4.69) is 9.98 Å². The van der Waals surface area contributed by atoms with Gasteiger partial charge in [-0.1, -0.05) is 12.1 Å². The number of hydrogen-bond acceptors (Lipinski definition) is 4. The van der Waals surface area contributed by atoms with Crippen LogP contribution in [0.25, 0.3) is 17.0 Å². The first-order chi connectivity index (χ1) is 12.1. The second-order valence-electron chi connectivity index (χ2n) is 5.30. The van der Waals surface area contributed by atoms with E-state index in [1.54, 1.807) is 37.4 Å². The van der Waals surface area contributed by atoms with Crippen LogP contribution in [0.15, 0.2) is 59.1 Å². The van der Waals surface area contributed by atoms with Gasteiger partial charge in [0, 0.05) is 10.9 Å². The van der Waals surface area contributed by atoms with E-state index in [0.29, 0.717) is 22.5 Å². The Balaban J connectivity index is 1.97. The van der Waals surface area contributed by atoms with Crippen LogP contribution in [0.5, 0.6) is 11.5 Å². The van der Waals surface area contributed by atoms with Crippen LogP contribution in [0.1, 0.15) is 5.69 Å². The Hall–Kier alpha value is -3.72. The maximum absolute atomic E-state index is 10.3. The van der Waals surface area contributed by atoms with Crippen molar-refractivity contribution >= 4 is 28.5 Å². The smallest absolute Gasteiger partial charge is 0.148 e. The lowest BCUT2D eigenvalue weighted by atomic mass is 10.2. The summed E-state index contributed by atoms with van der Waals surface area (Å²) >= 11 is 0. The van der Waals surface area contributed by atoms with Crippen molar-refractivity contribution in [1.29, 1.82) is 5.26 Å². The van der Waals surface area contributed by atoms with Gasteiger partial charge in [0.1, 0.15) is 23.4 Å². The fourth-order valence-corrected chi connectivity index (χ4v) is 2.42. The lowest BCUT2D eigenvalue weighted by Crippen LogP contribution is -2.13. The average Bonchev–Trinajstić information content (AvgIpc) is 2.96. The fraction of sp³-hybridized carbons (Fsp3) is 0.0526. The summed E-state index contributed by atoms with van der Waals surface area (Å²) in [5.41, 5.74) is 7.88. The molecule has 6 nitrogen and oxygen atoms in total. The van der Waals surface area contributed by atoms with Crippen molar-refractivity contribution in [3.8, 4) is 17.6 Å². The summed E-state index contributed by atoms with van der Waals surface area (Å²) in [5.74, 6) is 0.836. The second-order valence-corrected chi connectivity index (χ2v) is 5.30. The molecule has 0 aliphatic carbocycles. The van der Waals surface area contributed by atoms with E-state index in [1.165, 1.54) is 6.08 Å². The van der Waals surface area contributed by atoms with Gasteiger partial charge in [-0.05, 0) is 42.5 Å². The fourth-order valence-electron chi connectivity index (χ4n) is 2.42. The van der Waals surface area contributed by atoms with Crippen molar-refractivity contribution in [1.82, 2.24) is 4.98 Å². The lowest BCUT2D eigenvalue weighted by molar-refractivity contribution is 0.415. The first kappa shape index (κ1) is 16.1. The number of H-pyrrole nitrogens is 1. The number of nitrogens with two attached hydrogens (primary N) is 1. The second kappa shape index (κ2) is 6.81. The molecular formula is C19H16N4O2. The molecule has 0 spiro atoms. The number of aromatic amines is 1. The molecule has 0 fully saturated rings. The first-order valence-corrected chi connectivity index (χ1v) is 7.52. The maximum Gasteiger partial charge on any atom is 0.148 e. The standard InChI is InChI=1S/C19H16N4O2/c1-25-14-8-6-13(7-9-14)22-19(21)12(11-20)10-17-18(24)15-4-2-3-5-16(15)23-17/h2-10,23-24H,1H3,(H2,21,22)/b12-10-. The molecular weight excluding hydrogens is 316 g/mol. The Morgan fingerprint density at radius 1 is 1.24 bits per heavy atom. The Labute approximate surface area is 144 Å². The molecule has 25 heavy (non-hydrogen) atoms. The number of amidine groups is 1. The quantitative estimate of drug-likeness (QED) is 0.386. The van der Waals surface area contributed by atoms with Gasteiger partial charge in [-0.2, -0.15) is 5.26 Å². The van der Waals surface area contributed by atoms with Gasteiger partial charge in [0.25, 0.3) is 0 Å². The van der Waals surface area contributed by atoms with Gasteiger partial charge in [-0.3, -0.25) is 0 Å². The highest BCUT2D eigenvalue weighted by Gasteiger charge is 2.10. The van der Waals surface area contributed by atoms with Gasteiger partial charge in [0.2, 0.25) is 0 Å². The molecule has 0 atom stereocenters. The number of methoxy groups -OCH3 is 1. The van der Waals surface area contributed by atoms with E-state index in [0.717, 1.165) is 5.52 Å². The van der Waals surface area contributed by atoms with Crippen LogP contribution in [-0.2, 0) is 0 Å². The molecule has 124 valence electrons. The molecule has 3 rings (SSSR count). The molecule has 0 saturated heterocycles. The summed E-state index contributed by atoms with van der Waals surface area (Å²) in [6.07, 6.45) is 1.48. The number of ether oxygens (including phenoxy) is 1. The number of rotatable bonds is 4. The van der Waals surface area contributed by atoms with Crippen molar-refractivity contribution in [2.75, 3.05) is 7.11 Å². The van der Waals surface area contributed by atoms with Gasteiger partial charge in [-0.25, -0.2) is 4.99 Å². The minimum Gasteiger partial charge on any atom is -0.505 e. The van der Waals surface area contributed by atoms with E-state index in [4.69, 9.17) is 10.5 Å². The minimum atomic E-state index is 0.0609. The van der Waals surface area contributed by atoms with E-state index < -0.39 is 0 Å². The number of aromatic nitrogens is 1. The predicted molar refractivity (Wildman–Crippen MR) is 97.8 cm³/mol. The molecule has 4 N–H and O–H groups in total. The molecule has 0 radical (unpaired) electrons. The molecule has 3 aromatic rings. The minimum absolute atomic E-state index is 0.0609. The van der Waals surface area contributed by atoms with E-state index >= 15 is 0 Å². The van der Waals surface area contributed by atoms with Crippen LogP contribution in [0.2, 0.25) is 0 Å². The van der Waals surface area contributed by atoms with Crippen LogP contribution in [0.3, 0.4) is 0 Å². The zero-order valence-corrected chi connectivity index (χ0v) is 13.5. The predicted octanol–water partition coefficient (Wildman–Crippen LogP) is 3.48. The highest BCUT2D eigenvalue weighted by atomic mass is 16.5.